The summed E-state index contributed by atoms with van der Waals surface area (Å²) in [6, 6.07) is 5.63. The fraction of sp³-hybridized carbons (Fsp3) is 0.571. The summed E-state index contributed by atoms with van der Waals surface area (Å²) in [6.45, 7) is 5.64. The molecule has 1 aromatic carbocycles. The fourth-order valence-electron chi connectivity index (χ4n) is 2.27. The van der Waals surface area contributed by atoms with Gasteiger partial charge in [-0.1, -0.05) is 36.2 Å². The Morgan fingerprint density at radius 2 is 2.05 bits per heavy atom. The van der Waals surface area contributed by atoms with Crippen molar-refractivity contribution >= 4 is 23.2 Å². The number of nitrogens with two attached hydrogens (primary N) is 1. The van der Waals surface area contributed by atoms with Crippen molar-refractivity contribution in [1.82, 2.24) is 4.90 Å². The second-order valence-electron chi connectivity index (χ2n) is 5.13. The summed E-state index contributed by atoms with van der Waals surface area (Å²) in [4.78, 5) is 2.33. The first-order chi connectivity index (χ1) is 9.08. The van der Waals surface area contributed by atoms with E-state index < -0.39 is 0 Å². The van der Waals surface area contributed by atoms with E-state index in [1.54, 1.807) is 12.1 Å². The average Bonchev–Trinajstić information content (AvgIpc) is 2.37. The van der Waals surface area contributed by atoms with Gasteiger partial charge in [0, 0.05) is 19.1 Å². The fourth-order valence-corrected chi connectivity index (χ4v) is 2.78. The van der Waals surface area contributed by atoms with Crippen LogP contribution in [-0.4, -0.2) is 37.2 Å². The van der Waals surface area contributed by atoms with Crippen LogP contribution in [0, 0.1) is 5.92 Å². The number of hydrogen-bond acceptors (Lipinski definition) is 3. The van der Waals surface area contributed by atoms with Gasteiger partial charge < -0.3 is 10.5 Å². The highest BCUT2D eigenvalue weighted by molar-refractivity contribution is 6.37. The van der Waals surface area contributed by atoms with E-state index in [0.717, 1.165) is 26.1 Å². The number of para-hydroxylation sites is 1. The molecule has 2 rings (SSSR count). The quantitative estimate of drug-likeness (QED) is 0.929. The minimum Gasteiger partial charge on any atom is -0.489 e. The molecule has 106 valence electrons. The summed E-state index contributed by atoms with van der Waals surface area (Å²) < 4.78 is 5.69. The van der Waals surface area contributed by atoms with Gasteiger partial charge in [0.15, 0.2) is 5.75 Å². The largest absolute Gasteiger partial charge is 0.489 e. The molecular weight excluding hydrogens is 283 g/mol. The molecule has 0 saturated carbocycles. The zero-order chi connectivity index (χ0) is 13.8. The Bertz CT molecular complexity index is 408. The van der Waals surface area contributed by atoms with Crippen LogP contribution in [-0.2, 0) is 0 Å². The standard InChI is InChI=1S/C14H20Cl2N2O/c1-10-5-6-18(9-13(10)17)7-8-19-14-11(15)3-2-4-12(14)16/h2-4,10,13H,5-9,17H2,1H3. The average molecular weight is 303 g/mol. The van der Waals surface area contributed by atoms with Crippen molar-refractivity contribution in [3.05, 3.63) is 28.2 Å². The molecule has 3 nitrogen and oxygen atoms in total. The Hall–Kier alpha value is -0.480. The highest BCUT2D eigenvalue weighted by Gasteiger charge is 2.22. The number of piperidine rings is 1. The van der Waals surface area contributed by atoms with Gasteiger partial charge in [0.05, 0.1) is 10.0 Å². The monoisotopic (exact) mass is 302 g/mol. The molecule has 0 aliphatic carbocycles. The van der Waals surface area contributed by atoms with Crippen molar-refractivity contribution < 1.29 is 4.74 Å². The number of rotatable bonds is 4. The normalized spacial score (nSPS) is 24.4. The Kier molecular flexibility index (Phi) is 5.34. The van der Waals surface area contributed by atoms with Gasteiger partial charge in [0.1, 0.15) is 6.61 Å². The number of benzene rings is 1. The molecule has 1 aromatic rings. The second kappa shape index (κ2) is 6.80. The highest BCUT2D eigenvalue weighted by Crippen LogP contribution is 2.32. The molecule has 19 heavy (non-hydrogen) atoms. The highest BCUT2D eigenvalue weighted by atomic mass is 35.5. The van der Waals surface area contributed by atoms with Crippen LogP contribution >= 0.6 is 23.2 Å². The Balaban J connectivity index is 1.81. The van der Waals surface area contributed by atoms with E-state index in [9.17, 15) is 0 Å². The first-order valence-corrected chi connectivity index (χ1v) is 7.38. The van der Waals surface area contributed by atoms with Gasteiger partial charge in [-0.3, -0.25) is 4.90 Å². The molecule has 2 atom stereocenters. The first-order valence-electron chi connectivity index (χ1n) is 6.62. The molecular formula is C14H20Cl2N2O. The summed E-state index contributed by atoms with van der Waals surface area (Å²) in [6.07, 6.45) is 1.15. The van der Waals surface area contributed by atoms with Crippen molar-refractivity contribution in [1.29, 1.82) is 0 Å². The van der Waals surface area contributed by atoms with Crippen molar-refractivity contribution in [2.45, 2.75) is 19.4 Å². The number of nitrogens with zero attached hydrogens (tertiary/aromatic N) is 1. The van der Waals surface area contributed by atoms with Crippen molar-refractivity contribution in [2.75, 3.05) is 26.2 Å². The van der Waals surface area contributed by atoms with Crippen LogP contribution in [0.4, 0.5) is 0 Å². The Morgan fingerprint density at radius 3 is 2.68 bits per heavy atom. The van der Waals surface area contributed by atoms with E-state index in [4.69, 9.17) is 33.7 Å². The third-order valence-corrected chi connectivity index (χ3v) is 4.27. The van der Waals surface area contributed by atoms with E-state index >= 15 is 0 Å². The predicted octanol–water partition coefficient (Wildman–Crippen LogP) is 3.04. The lowest BCUT2D eigenvalue weighted by Gasteiger charge is -2.34. The van der Waals surface area contributed by atoms with Crippen molar-refractivity contribution in [3.8, 4) is 5.75 Å². The SMILES string of the molecule is CC1CCN(CCOc2c(Cl)cccc2Cl)CC1N. The molecule has 2 N–H and O–H groups in total. The molecule has 1 heterocycles. The summed E-state index contributed by atoms with van der Waals surface area (Å²) in [5, 5.41) is 1.10. The third-order valence-electron chi connectivity index (χ3n) is 3.67. The van der Waals surface area contributed by atoms with Crippen LogP contribution in [0.15, 0.2) is 18.2 Å². The summed E-state index contributed by atoms with van der Waals surface area (Å²) >= 11 is 12.1. The van der Waals surface area contributed by atoms with Gasteiger partial charge >= 0.3 is 0 Å². The molecule has 0 amide bonds. The maximum atomic E-state index is 6.08. The first kappa shape index (κ1) is 14.9. The van der Waals surface area contributed by atoms with Crippen molar-refractivity contribution in [2.24, 2.45) is 11.7 Å². The summed E-state index contributed by atoms with van der Waals surface area (Å²) in [5.74, 6) is 1.18. The molecule has 0 radical (unpaired) electrons. The van der Waals surface area contributed by atoms with Gasteiger partial charge in [0.2, 0.25) is 0 Å². The van der Waals surface area contributed by atoms with Gasteiger partial charge in [0.25, 0.3) is 0 Å². The molecule has 0 bridgehead atoms. The number of likely N-dealkylation sites (tertiary alicyclic amines) is 1. The van der Waals surface area contributed by atoms with E-state index in [-0.39, 0.29) is 6.04 Å². The van der Waals surface area contributed by atoms with Crippen LogP contribution in [0.3, 0.4) is 0 Å². The minimum atomic E-state index is 0.262. The second-order valence-corrected chi connectivity index (χ2v) is 5.94. The third kappa shape index (κ3) is 3.99. The van der Waals surface area contributed by atoms with Crippen molar-refractivity contribution in [3.63, 3.8) is 0 Å². The zero-order valence-electron chi connectivity index (χ0n) is 11.1. The van der Waals surface area contributed by atoms with Gasteiger partial charge in [-0.25, -0.2) is 0 Å². The topological polar surface area (TPSA) is 38.5 Å². The maximum absolute atomic E-state index is 6.08. The van der Waals surface area contributed by atoms with Gasteiger partial charge in [-0.05, 0) is 31.0 Å². The smallest absolute Gasteiger partial charge is 0.156 e. The molecule has 2 unspecified atom stereocenters. The minimum absolute atomic E-state index is 0.262. The van der Waals surface area contributed by atoms with E-state index in [2.05, 4.69) is 11.8 Å². The number of hydrogen-bond donors (Lipinski definition) is 1. The molecule has 0 spiro atoms. The van der Waals surface area contributed by atoms with Crippen LogP contribution in [0.5, 0.6) is 5.75 Å². The van der Waals surface area contributed by atoms with Gasteiger partial charge in [-0.15, -0.1) is 0 Å². The molecule has 5 heteroatoms. The summed E-state index contributed by atoms with van der Waals surface area (Å²) in [5.41, 5.74) is 6.08. The van der Waals surface area contributed by atoms with E-state index in [1.807, 2.05) is 6.07 Å². The lowest BCUT2D eigenvalue weighted by atomic mass is 9.94. The molecule has 1 aliphatic rings. The lowest BCUT2D eigenvalue weighted by molar-refractivity contribution is 0.143. The molecule has 0 aromatic heterocycles. The molecule has 1 aliphatic heterocycles. The van der Waals surface area contributed by atoms with Crippen LogP contribution in [0.2, 0.25) is 10.0 Å². The van der Waals surface area contributed by atoms with Gasteiger partial charge in [-0.2, -0.15) is 0 Å². The van der Waals surface area contributed by atoms with Crippen LogP contribution in [0.25, 0.3) is 0 Å². The van der Waals surface area contributed by atoms with E-state index in [0.29, 0.717) is 28.3 Å². The lowest BCUT2D eigenvalue weighted by Crippen LogP contribution is -2.48. The van der Waals surface area contributed by atoms with Crippen LogP contribution < -0.4 is 10.5 Å². The summed E-state index contributed by atoms with van der Waals surface area (Å²) in [7, 11) is 0. The molecule has 1 saturated heterocycles. The predicted molar refractivity (Wildman–Crippen MR) is 80.2 cm³/mol. The Labute approximate surface area is 124 Å². The zero-order valence-corrected chi connectivity index (χ0v) is 12.6. The van der Waals surface area contributed by atoms with Crippen LogP contribution in [0.1, 0.15) is 13.3 Å². The van der Waals surface area contributed by atoms with E-state index in [1.165, 1.54) is 0 Å². The Morgan fingerprint density at radius 1 is 1.37 bits per heavy atom. The maximum Gasteiger partial charge on any atom is 0.156 e. The number of ether oxygens (including phenoxy) is 1. The number of halogens is 2. The molecule has 1 fully saturated rings.